The van der Waals surface area contributed by atoms with E-state index in [-0.39, 0.29) is 5.25 Å². The van der Waals surface area contributed by atoms with Crippen LogP contribution in [0, 0.1) is 0 Å². The van der Waals surface area contributed by atoms with Gasteiger partial charge in [-0.25, -0.2) is 4.98 Å². The molecule has 1 unspecified atom stereocenters. The highest BCUT2D eigenvalue weighted by atomic mass is 32.2. The fourth-order valence-corrected chi connectivity index (χ4v) is 2.92. The summed E-state index contributed by atoms with van der Waals surface area (Å²) in [7, 11) is 0. The van der Waals surface area contributed by atoms with E-state index in [9.17, 15) is 0 Å². The first-order chi connectivity index (χ1) is 10.3. The molecule has 2 heterocycles. The molecule has 1 aromatic carbocycles. The molecule has 6 heteroatoms. The highest BCUT2D eigenvalue weighted by Gasteiger charge is 2.18. The minimum atomic E-state index is 0.0580. The smallest absolute Gasteiger partial charge is 0.247 e. The molecule has 5 nitrogen and oxygen atoms in total. The molecular weight excluding hydrogens is 284 g/mol. The second-order valence-electron chi connectivity index (χ2n) is 4.57. The van der Waals surface area contributed by atoms with Crippen LogP contribution in [0.5, 0.6) is 0 Å². The number of rotatable bonds is 5. The topological polar surface area (TPSA) is 56.7 Å². The van der Waals surface area contributed by atoms with Crippen LogP contribution in [0.25, 0.3) is 11.5 Å². The van der Waals surface area contributed by atoms with Crippen molar-refractivity contribution in [2.75, 3.05) is 0 Å². The quantitative estimate of drug-likeness (QED) is 0.671. The molecular formula is C15H16N4OS. The van der Waals surface area contributed by atoms with Gasteiger partial charge in [0.05, 0.1) is 5.25 Å². The third-order valence-corrected chi connectivity index (χ3v) is 4.22. The molecule has 0 aliphatic rings. The summed E-state index contributed by atoms with van der Waals surface area (Å²) >= 11 is 1.62. The monoisotopic (exact) mass is 300 g/mol. The maximum atomic E-state index is 5.77. The van der Waals surface area contributed by atoms with Crippen LogP contribution in [0.1, 0.15) is 25.0 Å². The predicted molar refractivity (Wildman–Crippen MR) is 81.9 cm³/mol. The number of hydrogen-bond donors (Lipinski definition) is 0. The Morgan fingerprint density at radius 1 is 1.24 bits per heavy atom. The Morgan fingerprint density at radius 2 is 2.05 bits per heavy atom. The molecule has 3 aromatic rings. The van der Waals surface area contributed by atoms with Gasteiger partial charge in [-0.1, -0.05) is 30.0 Å². The minimum absolute atomic E-state index is 0.0580. The number of thioether (sulfide) groups is 1. The zero-order valence-corrected chi connectivity index (χ0v) is 12.7. The van der Waals surface area contributed by atoms with Crippen LogP contribution in [0.3, 0.4) is 0 Å². The maximum Gasteiger partial charge on any atom is 0.247 e. The normalized spacial score (nSPS) is 12.5. The highest BCUT2D eigenvalue weighted by Crippen LogP contribution is 2.34. The van der Waals surface area contributed by atoms with E-state index in [1.807, 2.05) is 49.6 Å². The third kappa shape index (κ3) is 3.00. The molecule has 0 aliphatic carbocycles. The van der Waals surface area contributed by atoms with Gasteiger partial charge >= 0.3 is 0 Å². The predicted octanol–water partition coefficient (Wildman–Crippen LogP) is 3.81. The van der Waals surface area contributed by atoms with Gasteiger partial charge in [0.1, 0.15) is 0 Å². The summed E-state index contributed by atoms with van der Waals surface area (Å²) in [6.07, 6.45) is 3.78. The summed E-state index contributed by atoms with van der Waals surface area (Å²) in [4.78, 5) is 4.35. The van der Waals surface area contributed by atoms with Crippen LogP contribution >= 0.6 is 11.8 Å². The van der Waals surface area contributed by atoms with Gasteiger partial charge in [0.15, 0.2) is 5.16 Å². The van der Waals surface area contributed by atoms with Crippen LogP contribution in [-0.2, 0) is 6.54 Å². The fourth-order valence-electron chi connectivity index (χ4n) is 1.96. The molecule has 108 valence electrons. The van der Waals surface area contributed by atoms with Crippen molar-refractivity contribution in [3.05, 3.63) is 48.6 Å². The molecule has 0 amide bonds. The van der Waals surface area contributed by atoms with Crippen molar-refractivity contribution in [2.45, 2.75) is 30.8 Å². The summed E-state index contributed by atoms with van der Waals surface area (Å²) in [6, 6.07) is 9.78. The Bertz CT molecular complexity index is 707. The SMILES string of the molecule is CCn1ccnc1SC(C)c1nnc(-c2ccccc2)o1. The van der Waals surface area contributed by atoms with Crippen molar-refractivity contribution in [2.24, 2.45) is 0 Å². The van der Waals surface area contributed by atoms with Gasteiger partial charge in [0, 0.05) is 24.5 Å². The molecule has 0 saturated heterocycles. The Hall–Kier alpha value is -2.08. The standard InChI is InChI=1S/C15H16N4OS/c1-3-19-10-9-16-15(19)21-11(2)13-17-18-14(20-13)12-7-5-4-6-8-12/h4-11H,3H2,1-2H3. The summed E-state index contributed by atoms with van der Waals surface area (Å²) < 4.78 is 7.87. The molecule has 1 atom stereocenters. The van der Waals surface area contributed by atoms with Crippen LogP contribution in [-0.4, -0.2) is 19.7 Å². The van der Waals surface area contributed by atoms with Gasteiger partial charge in [-0.15, -0.1) is 10.2 Å². The van der Waals surface area contributed by atoms with Gasteiger partial charge in [-0.2, -0.15) is 0 Å². The number of benzene rings is 1. The van der Waals surface area contributed by atoms with Crippen LogP contribution in [0.2, 0.25) is 0 Å². The first-order valence-corrected chi connectivity index (χ1v) is 7.72. The van der Waals surface area contributed by atoms with Crippen LogP contribution < -0.4 is 0 Å². The molecule has 0 spiro atoms. The fraction of sp³-hybridized carbons (Fsp3) is 0.267. The molecule has 0 saturated carbocycles. The summed E-state index contributed by atoms with van der Waals surface area (Å²) in [6.45, 7) is 5.03. The molecule has 0 fully saturated rings. The van der Waals surface area contributed by atoms with E-state index in [1.54, 1.807) is 11.8 Å². The van der Waals surface area contributed by atoms with Crippen molar-refractivity contribution < 1.29 is 4.42 Å². The van der Waals surface area contributed by atoms with Gasteiger partial charge in [0.2, 0.25) is 11.8 Å². The van der Waals surface area contributed by atoms with E-state index < -0.39 is 0 Å². The second-order valence-corrected chi connectivity index (χ2v) is 5.88. The van der Waals surface area contributed by atoms with Gasteiger partial charge in [-0.05, 0) is 26.0 Å². The van der Waals surface area contributed by atoms with E-state index in [0.717, 1.165) is 17.3 Å². The van der Waals surface area contributed by atoms with Crippen molar-refractivity contribution in [3.63, 3.8) is 0 Å². The van der Waals surface area contributed by atoms with Crippen LogP contribution in [0.4, 0.5) is 0 Å². The summed E-state index contributed by atoms with van der Waals surface area (Å²) in [5.74, 6) is 1.17. The number of hydrogen-bond acceptors (Lipinski definition) is 5. The molecule has 0 radical (unpaired) electrons. The molecule has 0 bridgehead atoms. The summed E-state index contributed by atoms with van der Waals surface area (Å²) in [5.41, 5.74) is 0.934. The Kier molecular flexibility index (Phi) is 4.06. The van der Waals surface area contributed by atoms with Crippen molar-refractivity contribution >= 4 is 11.8 Å². The third-order valence-electron chi connectivity index (χ3n) is 3.11. The molecule has 2 aromatic heterocycles. The average molecular weight is 300 g/mol. The average Bonchev–Trinajstić information content (AvgIpc) is 3.17. The number of imidazole rings is 1. The first-order valence-electron chi connectivity index (χ1n) is 6.84. The summed E-state index contributed by atoms with van der Waals surface area (Å²) in [5, 5.41) is 9.30. The molecule has 3 rings (SSSR count). The molecule has 0 N–H and O–H groups in total. The lowest BCUT2D eigenvalue weighted by Crippen LogP contribution is -1.97. The van der Waals surface area contributed by atoms with E-state index in [0.29, 0.717) is 11.8 Å². The lowest BCUT2D eigenvalue weighted by molar-refractivity contribution is 0.508. The van der Waals surface area contributed by atoms with E-state index in [2.05, 4.69) is 26.7 Å². The number of aryl methyl sites for hydroxylation is 1. The van der Waals surface area contributed by atoms with Crippen molar-refractivity contribution in [1.82, 2.24) is 19.7 Å². The van der Waals surface area contributed by atoms with Crippen LogP contribution in [0.15, 0.2) is 52.3 Å². The van der Waals surface area contributed by atoms with Gasteiger partial charge in [-0.3, -0.25) is 0 Å². The van der Waals surface area contributed by atoms with Crippen molar-refractivity contribution in [3.8, 4) is 11.5 Å². The number of nitrogens with zero attached hydrogens (tertiary/aromatic N) is 4. The van der Waals surface area contributed by atoms with E-state index in [4.69, 9.17) is 4.42 Å². The molecule has 0 aliphatic heterocycles. The Balaban J connectivity index is 1.77. The largest absolute Gasteiger partial charge is 0.419 e. The zero-order valence-electron chi connectivity index (χ0n) is 11.9. The van der Waals surface area contributed by atoms with E-state index in [1.165, 1.54) is 0 Å². The van der Waals surface area contributed by atoms with Gasteiger partial charge in [0.25, 0.3) is 0 Å². The minimum Gasteiger partial charge on any atom is -0.419 e. The zero-order chi connectivity index (χ0) is 14.7. The second kappa shape index (κ2) is 6.13. The van der Waals surface area contributed by atoms with E-state index >= 15 is 0 Å². The lowest BCUT2D eigenvalue weighted by Gasteiger charge is -2.07. The Morgan fingerprint density at radius 3 is 2.81 bits per heavy atom. The first kappa shape index (κ1) is 13.9. The Labute approximate surface area is 127 Å². The molecule has 21 heavy (non-hydrogen) atoms. The van der Waals surface area contributed by atoms with Gasteiger partial charge < -0.3 is 8.98 Å². The maximum absolute atomic E-state index is 5.77. The lowest BCUT2D eigenvalue weighted by atomic mass is 10.2. The van der Waals surface area contributed by atoms with Crippen molar-refractivity contribution in [1.29, 1.82) is 0 Å². The number of aromatic nitrogens is 4. The highest BCUT2D eigenvalue weighted by molar-refractivity contribution is 7.99.